The van der Waals surface area contributed by atoms with Crippen molar-refractivity contribution in [3.8, 4) is 5.75 Å². The Labute approximate surface area is 110 Å². The number of nitro groups is 1. The van der Waals surface area contributed by atoms with E-state index in [1.54, 1.807) is 29.2 Å². The molecule has 7 nitrogen and oxygen atoms in total. The second-order valence-electron chi connectivity index (χ2n) is 3.85. The van der Waals surface area contributed by atoms with E-state index in [0.717, 1.165) is 6.54 Å². The van der Waals surface area contributed by atoms with Crippen LogP contribution in [0.5, 0.6) is 5.75 Å². The van der Waals surface area contributed by atoms with Crippen LogP contribution in [0.2, 0.25) is 0 Å². The molecular formula is C12H14N4O3. The van der Waals surface area contributed by atoms with E-state index < -0.39 is 4.92 Å². The molecule has 0 atom stereocenters. The molecule has 1 aromatic heterocycles. The quantitative estimate of drug-likeness (QED) is 0.661. The number of aromatic nitrogens is 2. The summed E-state index contributed by atoms with van der Waals surface area (Å²) in [6.07, 6.45) is 3.41. The number of nitrogens with zero attached hydrogens (tertiary/aromatic N) is 3. The second kappa shape index (κ2) is 5.38. The maximum absolute atomic E-state index is 11.0. The minimum absolute atomic E-state index is 0.0383. The summed E-state index contributed by atoms with van der Waals surface area (Å²) < 4.78 is 6.72. The van der Waals surface area contributed by atoms with Crippen molar-refractivity contribution in [1.29, 1.82) is 0 Å². The van der Waals surface area contributed by atoms with Crippen molar-refractivity contribution in [3.63, 3.8) is 0 Å². The van der Waals surface area contributed by atoms with Crippen LogP contribution in [0.4, 0.5) is 17.1 Å². The molecule has 2 rings (SSSR count). The lowest BCUT2D eigenvalue weighted by Crippen LogP contribution is -1.97. The van der Waals surface area contributed by atoms with Crippen molar-refractivity contribution >= 4 is 17.1 Å². The Morgan fingerprint density at radius 3 is 2.89 bits per heavy atom. The monoisotopic (exact) mass is 262 g/mol. The van der Waals surface area contributed by atoms with Gasteiger partial charge in [-0.3, -0.25) is 14.8 Å². The number of nitrogens with one attached hydrogen (secondary N) is 1. The van der Waals surface area contributed by atoms with E-state index in [1.165, 1.54) is 13.2 Å². The molecule has 100 valence electrons. The molecule has 1 N–H and O–H groups in total. The van der Waals surface area contributed by atoms with Gasteiger partial charge in [0.2, 0.25) is 0 Å². The highest BCUT2D eigenvalue weighted by Gasteiger charge is 2.15. The van der Waals surface area contributed by atoms with Gasteiger partial charge in [0.25, 0.3) is 5.69 Å². The van der Waals surface area contributed by atoms with Gasteiger partial charge in [-0.2, -0.15) is 5.10 Å². The third kappa shape index (κ3) is 2.82. The molecule has 19 heavy (non-hydrogen) atoms. The lowest BCUT2D eigenvalue weighted by atomic mass is 10.2. The van der Waals surface area contributed by atoms with E-state index in [9.17, 15) is 10.1 Å². The van der Waals surface area contributed by atoms with Crippen molar-refractivity contribution < 1.29 is 9.66 Å². The lowest BCUT2D eigenvalue weighted by molar-refractivity contribution is -0.384. The van der Waals surface area contributed by atoms with Gasteiger partial charge in [-0.05, 0) is 19.1 Å². The Balaban J connectivity index is 2.31. The summed E-state index contributed by atoms with van der Waals surface area (Å²) in [5.74, 6) is 0.446. The number of hydrogen-bond acceptors (Lipinski definition) is 5. The molecule has 2 aromatic rings. The van der Waals surface area contributed by atoms with Crippen LogP contribution >= 0.6 is 0 Å². The summed E-state index contributed by atoms with van der Waals surface area (Å²) in [6.45, 7) is 2.71. The number of nitro benzene ring substituents is 1. The van der Waals surface area contributed by atoms with Crippen LogP contribution < -0.4 is 10.1 Å². The van der Waals surface area contributed by atoms with Crippen LogP contribution in [0.15, 0.2) is 30.6 Å². The first-order valence-corrected chi connectivity index (χ1v) is 5.76. The van der Waals surface area contributed by atoms with Gasteiger partial charge in [-0.25, -0.2) is 0 Å². The molecule has 7 heteroatoms. The molecule has 0 radical (unpaired) electrons. The van der Waals surface area contributed by atoms with E-state index >= 15 is 0 Å². The Kier molecular flexibility index (Phi) is 3.65. The molecule has 0 bridgehead atoms. The molecule has 0 unspecified atom stereocenters. The van der Waals surface area contributed by atoms with Crippen molar-refractivity contribution in [3.05, 3.63) is 40.7 Å². The summed E-state index contributed by atoms with van der Waals surface area (Å²) >= 11 is 0. The molecule has 0 aliphatic rings. The first kappa shape index (κ1) is 12.9. The number of methoxy groups -OCH3 is 1. The highest BCUT2D eigenvalue weighted by molar-refractivity contribution is 5.70. The van der Waals surface area contributed by atoms with Gasteiger partial charge in [0.05, 0.1) is 30.0 Å². The summed E-state index contributed by atoms with van der Waals surface area (Å²) in [7, 11) is 1.47. The minimum atomic E-state index is -0.449. The van der Waals surface area contributed by atoms with E-state index in [0.29, 0.717) is 17.1 Å². The summed E-state index contributed by atoms with van der Waals surface area (Å²) in [5, 5.41) is 18.1. The van der Waals surface area contributed by atoms with Crippen LogP contribution in [0, 0.1) is 10.1 Å². The SMILES string of the molecule is CCn1cc(Nc2ccc(OC)cc2[N+](=O)[O-])cn1. The van der Waals surface area contributed by atoms with Gasteiger partial charge in [0.1, 0.15) is 11.4 Å². The number of aryl methyl sites for hydroxylation is 1. The smallest absolute Gasteiger partial charge is 0.296 e. The zero-order valence-corrected chi connectivity index (χ0v) is 10.7. The Morgan fingerprint density at radius 2 is 2.32 bits per heavy atom. The zero-order chi connectivity index (χ0) is 13.8. The lowest BCUT2D eigenvalue weighted by Gasteiger charge is -2.06. The first-order valence-electron chi connectivity index (χ1n) is 5.76. The predicted molar refractivity (Wildman–Crippen MR) is 70.8 cm³/mol. The van der Waals surface area contributed by atoms with E-state index in [1.807, 2.05) is 6.92 Å². The molecular weight excluding hydrogens is 248 g/mol. The van der Waals surface area contributed by atoms with Gasteiger partial charge < -0.3 is 10.1 Å². The number of rotatable bonds is 5. The fraction of sp³-hybridized carbons (Fsp3) is 0.250. The topological polar surface area (TPSA) is 82.2 Å². The molecule has 0 saturated heterocycles. The third-order valence-electron chi connectivity index (χ3n) is 2.64. The maximum atomic E-state index is 11.0. The second-order valence-corrected chi connectivity index (χ2v) is 3.85. The molecule has 1 aromatic carbocycles. The van der Waals surface area contributed by atoms with Gasteiger partial charge in [0.15, 0.2) is 0 Å². The van der Waals surface area contributed by atoms with Crippen LogP contribution in [0.1, 0.15) is 6.92 Å². The highest BCUT2D eigenvalue weighted by atomic mass is 16.6. The van der Waals surface area contributed by atoms with Crippen LogP contribution in [-0.2, 0) is 6.54 Å². The molecule has 0 saturated carbocycles. The average molecular weight is 262 g/mol. The maximum Gasteiger partial charge on any atom is 0.296 e. The molecule has 0 aliphatic carbocycles. The van der Waals surface area contributed by atoms with Crippen LogP contribution in [-0.4, -0.2) is 21.8 Å². The summed E-state index contributed by atoms with van der Waals surface area (Å²) in [4.78, 5) is 10.6. The predicted octanol–water partition coefficient (Wildman–Crippen LogP) is 2.56. The number of ether oxygens (including phenoxy) is 1. The van der Waals surface area contributed by atoms with Gasteiger partial charge >= 0.3 is 0 Å². The van der Waals surface area contributed by atoms with E-state index in [2.05, 4.69) is 10.4 Å². The van der Waals surface area contributed by atoms with Gasteiger partial charge in [-0.15, -0.1) is 0 Å². The number of anilines is 2. The fourth-order valence-corrected chi connectivity index (χ4v) is 1.65. The normalized spacial score (nSPS) is 10.2. The number of benzene rings is 1. The van der Waals surface area contributed by atoms with E-state index in [-0.39, 0.29) is 5.69 Å². The van der Waals surface area contributed by atoms with Crippen LogP contribution in [0.25, 0.3) is 0 Å². The molecule has 0 amide bonds. The fourth-order valence-electron chi connectivity index (χ4n) is 1.65. The summed E-state index contributed by atoms with van der Waals surface area (Å²) in [5.41, 5.74) is 1.07. The van der Waals surface area contributed by atoms with E-state index in [4.69, 9.17) is 4.74 Å². The van der Waals surface area contributed by atoms with Crippen molar-refractivity contribution in [2.45, 2.75) is 13.5 Å². The average Bonchev–Trinajstić information content (AvgIpc) is 2.86. The Morgan fingerprint density at radius 1 is 1.53 bits per heavy atom. The Bertz CT molecular complexity index is 594. The Hall–Kier alpha value is -2.57. The van der Waals surface area contributed by atoms with Crippen LogP contribution in [0.3, 0.4) is 0 Å². The third-order valence-corrected chi connectivity index (χ3v) is 2.64. The van der Waals surface area contributed by atoms with Gasteiger partial charge in [-0.1, -0.05) is 0 Å². The molecule has 0 fully saturated rings. The molecule has 1 heterocycles. The van der Waals surface area contributed by atoms with Crippen molar-refractivity contribution in [2.75, 3.05) is 12.4 Å². The summed E-state index contributed by atoms with van der Waals surface area (Å²) in [6, 6.07) is 4.66. The van der Waals surface area contributed by atoms with Crippen molar-refractivity contribution in [1.82, 2.24) is 9.78 Å². The number of hydrogen-bond donors (Lipinski definition) is 1. The van der Waals surface area contributed by atoms with Gasteiger partial charge in [0, 0.05) is 12.7 Å². The molecule has 0 spiro atoms. The van der Waals surface area contributed by atoms with Crippen molar-refractivity contribution in [2.24, 2.45) is 0 Å². The standard InChI is InChI=1S/C12H14N4O3/c1-3-15-8-9(7-13-15)14-11-5-4-10(19-2)6-12(11)16(17)18/h4-8,14H,3H2,1-2H3. The zero-order valence-electron chi connectivity index (χ0n) is 10.7. The molecule has 0 aliphatic heterocycles. The largest absolute Gasteiger partial charge is 0.496 e. The first-order chi connectivity index (χ1) is 9.13. The highest BCUT2D eigenvalue weighted by Crippen LogP contribution is 2.31. The minimum Gasteiger partial charge on any atom is -0.496 e.